The zero-order valence-electron chi connectivity index (χ0n) is 16.2. The highest BCUT2D eigenvalue weighted by Gasteiger charge is 2.22. The fourth-order valence-corrected chi connectivity index (χ4v) is 4.18. The number of pyridine rings is 2. The number of anilines is 1. The lowest BCUT2D eigenvalue weighted by molar-refractivity contribution is 0.0771. The number of carbonyl (C=O) groups is 2. The van der Waals surface area contributed by atoms with Crippen LogP contribution in [-0.4, -0.2) is 52.7 Å². The molecule has 7 heteroatoms. The molecule has 0 aliphatic carbocycles. The van der Waals surface area contributed by atoms with Gasteiger partial charge in [0.25, 0.3) is 5.91 Å². The van der Waals surface area contributed by atoms with Crippen LogP contribution in [0.4, 0.5) is 5.82 Å². The van der Waals surface area contributed by atoms with Crippen molar-refractivity contribution in [1.29, 1.82) is 0 Å². The third-order valence-electron chi connectivity index (χ3n) is 5.06. The van der Waals surface area contributed by atoms with E-state index in [-0.39, 0.29) is 13.1 Å². The van der Waals surface area contributed by atoms with E-state index in [1.54, 1.807) is 24.4 Å². The Morgan fingerprint density at radius 1 is 1.03 bits per heavy atom. The van der Waals surface area contributed by atoms with Gasteiger partial charge in [0.1, 0.15) is 11.5 Å². The van der Waals surface area contributed by atoms with Crippen LogP contribution in [0.25, 0.3) is 0 Å². The maximum atomic E-state index is 12.9. The molecule has 29 heavy (non-hydrogen) atoms. The van der Waals surface area contributed by atoms with Crippen LogP contribution in [-0.2, 0) is 0 Å². The maximum Gasteiger partial charge on any atom is 0.263 e. The highest BCUT2D eigenvalue weighted by Crippen LogP contribution is 2.19. The standard InChI is InChI=1S/C22H22N4O2S.H2/c1-16-17(6-3-10-23-16)21(27)18-7-2-9-20(24-18)25-11-5-12-26(14-13-25)22(28)19-8-4-15-29-19;/h2-4,6-10,15H,5,11-14H2,1H3;1H. The summed E-state index contributed by atoms with van der Waals surface area (Å²) in [6.07, 6.45) is 2.54. The molecule has 0 unspecified atom stereocenters. The third-order valence-corrected chi connectivity index (χ3v) is 5.92. The van der Waals surface area contributed by atoms with Gasteiger partial charge in [-0.15, -0.1) is 11.3 Å². The first-order chi connectivity index (χ1) is 14.1. The summed E-state index contributed by atoms with van der Waals surface area (Å²) >= 11 is 1.47. The average molecular weight is 409 g/mol. The number of ketones is 1. The summed E-state index contributed by atoms with van der Waals surface area (Å²) in [4.78, 5) is 39.2. The molecular weight excluding hydrogens is 384 g/mol. The van der Waals surface area contributed by atoms with Crippen LogP contribution >= 0.6 is 11.3 Å². The van der Waals surface area contributed by atoms with Crippen molar-refractivity contribution >= 4 is 28.8 Å². The van der Waals surface area contributed by atoms with Crippen LogP contribution < -0.4 is 4.90 Å². The number of rotatable bonds is 4. The van der Waals surface area contributed by atoms with Gasteiger partial charge in [0, 0.05) is 45.1 Å². The lowest BCUT2D eigenvalue weighted by Gasteiger charge is -2.23. The smallest absolute Gasteiger partial charge is 0.263 e. The van der Waals surface area contributed by atoms with Crippen molar-refractivity contribution in [3.63, 3.8) is 0 Å². The number of aryl methyl sites for hydroxylation is 1. The molecule has 4 rings (SSSR count). The molecular formula is C22H24N4O2S. The van der Waals surface area contributed by atoms with Gasteiger partial charge in [0.2, 0.25) is 5.78 Å². The lowest BCUT2D eigenvalue weighted by Crippen LogP contribution is -2.35. The molecule has 4 heterocycles. The molecule has 6 nitrogen and oxygen atoms in total. The van der Waals surface area contributed by atoms with E-state index in [9.17, 15) is 9.59 Å². The molecule has 0 bridgehead atoms. The van der Waals surface area contributed by atoms with Crippen molar-refractivity contribution in [2.75, 3.05) is 31.1 Å². The molecule has 1 amide bonds. The Balaban J connectivity index is 0.00000256. The van der Waals surface area contributed by atoms with Gasteiger partial charge in [-0.05, 0) is 49.1 Å². The van der Waals surface area contributed by atoms with Crippen LogP contribution in [0.1, 0.15) is 39.3 Å². The number of hydrogen-bond acceptors (Lipinski definition) is 6. The molecule has 1 aliphatic heterocycles. The summed E-state index contributed by atoms with van der Waals surface area (Å²) in [6, 6.07) is 12.8. The summed E-state index contributed by atoms with van der Waals surface area (Å²) in [6.45, 7) is 4.67. The van der Waals surface area contributed by atoms with Gasteiger partial charge < -0.3 is 9.80 Å². The van der Waals surface area contributed by atoms with Gasteiger partial charge in [-0.3, -0.25) is 14.6 Å². The minimum Gasteiger partial charge on any atom is -0.355 e. The summed E-state index contributed by atoms with van der Waals surface area (Å²) in [5, 5.41) is 1.92. The topological polar surface area (TPSA) is 66.4 Å². The summed E-state index contributed by atoms with van der Waals surface area (Å²) in [5.74, 6) is 0.732. The summed E-state index contributed by atoms with van der Waals surface area (Å²) in [7, 11) is 0. The molecule has 0 aromatic carbocycles. The first-order valence-corrected chi connectivity index (χ1v) is 10.5. The maximum absolute atomic E-state index is 12.9. The molecule has 150 valence electrons. The van der Waals surface area contributed by atoms with Crippen molar-refractivity contribution in [2.24, 2.45) is 0 Å². The van der Waals surface area contributed by atoms with Crippen molar-refractivity contribution in [2.45, 2.75) is 13.3 Å². The monoisotopic (exact) mass is 408 g/mol. The van der Waals surface area contributed by atoms with E-state index in [1.807, 2.05) is 41.5 Å². The second-order valence-corrected chi connectivity index (χ2v) is 7.90. The molecule has 1 aliphatic rings. The Kier molecular flexibility index (Phi) is 5.67. The first kappa shape index (κ1) is 19.3. The Bertz CT molecular complexity index is 1030. The third kappa shape index (κ3) is 4.19. The highest BCUT2D eigenvalue weighted by molar-refractivity contribution is 7.12. The molecule has 1 saturated heterocycles. The van der Waals surface area contributed by atoms with Crippen LogP contribution in [0.3, 0.4) is 0 Å². The number of carbonyl (C=O) groups excluding carboxylic acids is 2. The quantitative estimate of drug-likeness (QED) is 0.616. The second-order valence-electron chi connectivity index (χ2n) is 6.96. The van der Waals surface area contributed by atoms with Gasteiger partial charge in [-0.2, -0.15) is 0 Å². The zero-order chi connectivity index (χ0) is 20.2. The minimum atomic E-state index is -0.123. The lowest BCUT2D eigenvalue weighted by atomic mass is 10.1. The van der Waals surface area contributed by atoms with Crippen molar-refractivity contribution in [3.8, 4) is 0 Å². The van der Waals surface area contributed by atoms with Gasteiger partial charge in [0.05, 0.1) is 4.88 Å². The van der Waals surface area contributed by atoms with Crippen molar-refractivity contribution < 1.29 is 11.0 Å². The molecule has 1 fully saturated rings. The minimum absolute atomic E-state index is 0. The fraction of sp³-hybridized carbons (Fsp3) is 0.273. The zero-order valence-corrected chi connectivity index (χ0v) is 17.1. The van der Waals surface area contributed by atoms with Gasteiger partial charge in [0.15, 0.2) is 0 Å². The molecule has 3 aromatic rings. The molecule has 0 spiro atoms. The molecule has 3 aromatic heterocycles. The van der Waals surface area contributed by atoms with Crippen LogP contribution in [0.15, 0.2) is 54.0 Å². The van der Waals surface area contributed by atoms with Crippen LogP contribution in [0.2, 0.25) is 0 Å². The number of aromatic nitrogens is 2. The Labute approximate surface area is 175 Å². The van der Waals surface area contributed by atoms with Gasteiger partial charge in [-0.25, -0.2) is 4.98 Å². The van der Waals surface area contributed by atoms with Gasteiger partial charge >= 0.3 is 0 Å². The molecule has 0 atom stereocenters. The van der Waals surface area contributed by atoms with E-state index in [0.717, 1.165) is 30.2 Å². The Hall–Kier alpha value is -3.06. The van der Waals surface area contributed by atoms with Crippen molar-refractivity contribution in [3.05, 3.63) is 75.9 Å². The molecule has 0 radical (unpaired) electrons. The van der Waals surface area contributed by atoms with E-state index < -0.39 is 0 Å². The number of amides is 1. The average Bonchev–Trinajstić information content (AvgIpc) is 3.18. The van der Waals surface area contributed by atoms with Crippen molar-refractivity contribution in [1.82, 2.24) is 14.9 Å². The second kappa shape index (κ2) is 8.53. The van der Waals surface area contributed by atoms with E-state index in [0.29, 0.717) is 30.0 Å². The highest BCUT2D eigenvalue weighted by atomic mass is 32.1. The SMILES string of the molecule is Cc1ncccc1C(=O)c1cccc(N2CCCN(C(=O)c3cccs3)CC2)n1.[HH]. The summed E-state index contributed by atoms with van der Waals surface area (Å²) in [5.41, 5.74) is 1.68. The molecule has 0 saturated carbocycles. The van der Waals surface area contributed by atoms with E-state index in [1.165, 1.54) is 11.3 Å². The predicted molar refractivity (Wildman–Crippen MR) is 116 cm³/mol. The van der Waals surface area contributed by atoms with E-state index >= 15 is 0 Å². The first-order valence-electron chi connectivity index (χ1n) is 9.64. The predicted octanol–water partition coefficient (Wildman–Crippen LogP) is 3.68. The fourth-order valence-electron chi connectivity index (χ4n) is 3.49. The van der Waals surface area contributed by atoms with E-state index in [2.05, 4.69) is 14.9 Å². The number of nitrogens with zero attached hydrogens (tertiary/aromatic N) is 4. The summed E-state index contributed by atoms with van der Waals surface area (Å²) < 4.78 is 0. The van der Waals surface area contributed by atoms with E-state index in [4.69, 9.17) is 0 Å². The number of thiophene rings is 1. The number of hydrogen-bond donors (Lipinski definition) is 0. The largest absolute Gasteiger partial charge is 0.355 e. The normalized spacial score (nSPS) is 14.5. The molecule has 0 N–H and O–H groups in total. The van der Waals surface area contributed by atoms with Crippen LogP contribution in [0.5, 0.6) is 0 Å². The van der Waals surface area contributed by atoms with Crippen LogP contribution in [0, 0.1) is 6.92 Å². The Morgan fingerprint density at radius 3 is 2.72 bits per heavy atom. The van der Waals surface area contributed by atoms with Gasteiger partial charge in [-0.1, -0.05) is 12.1 Å². The Morgan fingerprint density at radius 2 is 1.93 bits per heavy atom.